The highest BCUT2D eigenvalue weighted by atomic mass is 79.9. The molecule has 0 radical (unpaired) electrons. The van der Waals surface area contributed by atoms with Crippen LogP contribution in [0.4, 0.5) is 0 Å². The van der Waals surface area contributed by atoms with E-state index in [1.54, 1.807) is 0 Å². The summed E-state index contributed by atoms with van der Waals surface area (Å²) in [7, 11) is 0. The highest BCUT2D eigenvalue weighted by Gasteiger charge is 2.37. The van der Waals surface area contributed by atoms with Gasteiger partial charge in [0, 0.05) is 9.89 Å². The van der Waals surface area contributed by atoms with E-state index in [4.69, 9.17) is 0 Å². The maximum atomic E-state index is 3.82. The minimum absolute atomic E-state index is 0.0482. The van der Waals surface area contributed by atoms with Gasteiger partial charge in [0.1, 0.15) is 0 Å². The van der Waals surface area contributed by atoms with Gasteiger partial charge in [-0.1, -0.05) is 95.6 Å². The van der Waals surface area contributed by atoms with Crippen molar-refractivity contribution in [3.8, 4) is 11.1 Å². The lowest BCUT2D eigenvalue weighted by Gasteiger charge is -2.27. The monoisotopic (exact) mass is 384 g/mol. The zero-order valence-electron chi connectivity index (χ0n) is 16.3. The van der Waals surface area contributed by atoms with Gasteiger partial charge in [-0.15, -0.1) is 0 Å². The first kappa shape index (κ1) is 17.7. The van der Waals surface area contributed by atoms with Crippen molar-refractivity contribution in [3.05, 3.63) is 57.1 Å². The minimum Gasteiger partial charge on any atom is -0.0579 e. The van der Waals surface area contributed by atoms with Gasteiger partial charge in [-0.05, 0) is 50.3 Å². The first-order valence-corrected chi connectivity index (χ1v) is 9.62. The average Bonchev–Trinajstić information content (AvgIpc) is 2.64. The third-order valence-corrected chi connectivity index (χ3v) is 6.09. The molecule has 1 heteroatoms. The first-order chi connectivity index (χ1) is 10.8. The number of hydrogen-bond donors (Lipinski definition) is 0. The van der Waals surface area contributed by atoms with Crippen molar-refractivity contribution in [2.24, 2.45) is 0 Å². The second kappa shape index (κ2) is 5.21. The van der Waals surface area contributed by atoms with Crippen molar-refractivity contribution in [1.82, 2.24) is 0 Å². The standard InChI is InChI=1S/C23H29Br/c1-21(2,3)14-9-10-15-16-12-20(24)19(22(4,5)6)13-18(16)23(7,8)17(15)11-14/h9-13H,1-8H3. The number of benzene rings is 2. The SMILES string of the molecule is CC(C)(C)c1ccc2c(c1)C(C)(C)c1cc(C(C)(C)C)c(Br)cc1-2. The summed E-state index contributed by atoms with van der Waals surface area (Å²) in [5.74, 6) is 0. The zero-order chi connectivity index (χ0) is 18.1. The predicted octanol–water partition coefficient (Wildman–Crippen LogP) is 7.35. The van der Waals surface area contributed by atoms with Crippen LogP contribution in [0, 0.1) is 0 Å². The van der Waals surface area contributed by atoms with Crippen molar-refractivity contribution >= 4 is 15.9 Å². The Morgan fingerprint density at radius 2 is 1.33 bits per heavy atom. The van der Waals surface area contributed by atoms with Crippen LogP contribution in [0.15, 0.2) is 34.8 Å². The van der Waals surface area contributed by atoms with Crippen LogP contribution in [0.2, 0.25) is 0 Å². The fourth-order valence-corrected chi connectivity index (χ4v) is 4.73. The zero-order valence-corrected chi connectivity index (χ0v) is 17.9. The van der Waals surface area contributed by atoms with Crippen LogP contribution < -0.4 is 0 Å². The third-order valence-electron chi connectivity index (χ3n) is 5.44. The fraction of sp³-hybridized carbons (Fsp3) is 0.478. The molecule has 0 bridgehead atoms. The summed E-state index contributed by atoms with van der Waals surface area (Å²) in [5, 5.41) is 0. The number of halogens is 1. The molecule has 0 atom stereocenters. The second-order valence-corrected chi connectivity index (χ2v) is 10.6. The highest BCUT2D eigenvalue weighted by molar-refractivity contribution is 9.10. The molecule has 0 saturated carbocycles. The lowest BCUT2D eigenvalue weighted by atomic mass is 9.77. The maximum absolute atomic E-state index is 3.82. The van der Waals surface area contributed by atoms with Gasteiger partial charge >= 0.3 is 0 Å². The van der Waals surface area contributed by atoms with E-state index in [0.717, 1.165) is 0 Å². The second-order valence-electron chi connectivity index (χ2n) is 9.76. The number of rotatable bonds is 0. The fourth-order valence-electron chi connectivity index (χ4n) is 3.80. The molecule has 0 saturated heterocycles. The lowest BCUT2D eigenvalue weighted by molar-refractivity contribution is 0.578. The Morgan fingerprint density at radius 3 is 1.88 bits per heavy atom. The Labute approximate surface area is 155 Å². The van der Waals surface area contributed by atoms with E-state index in [9.17, 15) is 0 Å². The molecule has 0 aliphatic heterocycles. The summed E-state index contributed by atoms with van der Waals surface area (Å²) in [6.45, 7) is 18.5. The van der Waals surface area contributed by atoms with E-state index in [0.29, 0.717) is 0 Å². The summed E-state index contributed by atoms with van der Waals surface area (Å²) in [4.78, 5) is 0. The van der Waals surface area contributed by atoms with Crippen molar-refractivity contribution in [2.45, 2.75) is 71.6 Å². The van der Waals surface area contributed by atoms with Gasteiger partial charge in [0.05, 0.1) is 0 Å². The molecule has 2 aromatic rings. The number of hydrogen-bond acceptors (Lipinski definition) is 0. The van der Waals surface area contributed by atoms with E-state index >= 15 is 0 Å². The summed E-state index contributed by atoms with van der Waals surface area (Å²) in [6.07, 6.45) is 0. The van der Waals surface area contributed by atoms with E-state index in [2.05, 4.69) is 102 Å². The quantitative estimate of drug-likeness (QED) is 0.445. The van der Waals surface area contributed by atoms with Gasteiger partial charge in [0.15, 0.2) is 0 Å². The van der Waals surface area contributed by atoms with Gasteiger partial charge in [-0.2, -0.15) is 0 Å². The summed E-state index contributed by atoms with van der Waals surface area (Å²) in [6, 6.07) is 11.8. The molecule has 0 fully saturated rings. The van der Waals surface area contributed by atoms with E-state index in [-0.39, 0.29) is 16.2 Å². The molecular formula is C23H29Br. The normalized spacial score (nSPS) is 16.0. The van der Waals surface area contributed by atoms with E-state index in [1.807, 2.05) is 0 Å². The average molecular weight is 385 g/mol. The molecule has 128 valence electrons. The van der Waals surface area contributed by atoms with Crippen LogP contribution in [-0.2, 0) is 16.2 Å². The van der Waals surface area contributed by atoms with Gasteiger partial charge in [-0.25, -0.2) is 0 Å². The van der Waals surface area contributed by atoms with Crippen molar-refractivity contribution in [1.29, 1.82) is 0 Å². The third kappa shape index (κ3) is 2.65. The molecule has 2 aromatic carbocycles. The first-order valence-electron chi connectivity index (χ1n) is 8.83. The molecule has 24 heavy (non-hydrogen) atoms. The topological polar surface area (TPSA) is 0 Å². The molecule has 0 nitrogen and oxygen atoms in total. The van der Waals surface area contributed by atoms with Crippen LogP contribution in [-0.4, -0.2) is 0 Å². The maximum Gasteiger partial charge on any atom is 0.0219 e. The minimum atomic E-state index is 0.0482. The van der Waals surface area contributed by atoms with Crippen LogP contribution in [0.1, 0.15) is 77.6 Å². The van der Waals surface area contributed by atoms with E-state index < -0.39 is 0 Å². The Balaban J connectivity index is 2.27. The van der Waals surface area contributed by atoms with E-state index in [1.165, 1.54) is 37.9 Å². The van der Waals surface area contributed by atoms with Crippen molar-refractivity contribution in [3.63, 3.8) is 0 Å². The Morgan fingerprint density at radius 1 is 0.750 bits per heavy atom. The molecular weight excluding hydrogens is 356 g/mol. The molecule has 1 aliphatic carbocycles. The molecule has 0 heterocycles. The van der Waals surface area contributed by atoms with Crippen LogP contribution >= 0.6 is 15.9 Å². The molecule has 3 rings (SSSR count). The van der Waals surface area contributed by atoms with Gasteiger partial charge in [-0.3, -0.25) is 0 Å². The van der Waals surface area contributed by atoms with Gasteiger partial charge in [0.2, 0.25) is 0 Å². The Hall–Kier alpha value is -1.08. The summed E-state index contributed by atoms with van der Waals surface area (Å²) >= 11 is 3.82. The molecule has 0 unspecified atom stereocenters. The van der Waals surface area contributed by atoms with Gasteiger partial charge < -0.3 is 0 Å². The largest absolute Gasteiger partial charge is 0.0579 e. The van der Waals surface area contributed by atoms with Crippen LogP contribution in [0.25, 0.3) is 11.1 Å². The predicted molar refractivity (Wildman–Crippen MR) is 109 cm³/mol. The molecule has 0 amide bonds. The van der Waals surface area contributed by atoms with Gasteiger partial charge in [0.25, 0.3) is 0 Å². The highest BCUT2D eigenvalue weighted by Crippen LogP contribution is 2.51. The molecule has 0 spiro atoms. The Bertz CT molecular complexity index is 811. The summed E-state index contributed by atoms with van der Waals surface area (Å²) in [5.41, 5.74) is 8.85. The lowest BCUT2D eigenvalue weighted by Crippen LogP contribution is -2.19. The van der Waals surface area contributed by atoms with Crippen LogP contribution in [0.3, 0.4) is 0 Å². The van der Waals surface area contributed by atoms with Crippen molar-refractivity contribution < 1.29 is 0 Å². The Kier molecular flexibility index (Phi) is 3.85. The number of fused-ring (bicyclic) bond motifs is 3. The van der Waals surface area contributed by atoms with Crippen LogP contribution in [0.5, 0.6) is 0 Å². The molecule has 0 aromatic heterocycles. The molecule has 1 aliphatic rings. The van der Waals surface area contributed by atoms with Crippen molar-refractivity contribution in [2.75, 3.05) is 0 Å². The smallest absolute Gasteiger partial charge is 0.0219 e. The summed E-state index contributed by atoms with van der Waals surface area (Å²) < 4.78 is 1.22. The molecule has 0 N–H and O–H groups in total.